The molecule has 10 heteroatoms. The summed E-state index contributed by atoms with van der Waals surface area (Å²) in [6.07, 6.45) is 4.26. The second-order valence-electron chi connectivity index (χ2n) is 12.5. The van der Waals surface area contributed by atoms with Gasteiger partial charge < -0.3 is 4.74 Å². The van der Waals surface area contributed by atoms with Gasteiger partial charge >= 0.3 is 207 Å². The molecular weight excluding hydrogens is 700 g/mol. The van der Waals surface area contributed by atoms with E-state index in [0.29, 0.717) is 53.4 Å². The number of methoxy groups -OCH3 is 1. The van der Waals surface area contributed by atoms with Crippen molar-refractivity contribution in [3.05, 3.63) is 29.8 Å². The quantitative estimate of drug-likeness (QED) is 0.242. The summed E-state index contributed by atoms with van der Waals surface area (Å²) in [5.41, 5.74) is 1.14. The molecule has 2 aliphatic heterocycles. The molecule has 36 heavy (non-hydrogen) atoms. The Kier molecular flexibility index (Phi) is 9.93. The van der Waals surface area contributed by atoms with Gasteiger partial charge in [0.2, 0.25) is 0 Å². The van der Waals surface area contributed by atoms with Crippen molar-refractivity contribution >= 4 is 26.3 Å². The van der Waals surface area contributed by atoms with E-state index in [1.54, 1.807) is 7.11 Å². The zero-order valence-electron chi connectivity index (χ0n) is 22.5. The van der Waals surface area contributed by atoms with Crippen LogP contribution >= 0.6 is 8.25 Å². The third kappa shape index (κ3) is 7.08. The molecule has 1 saturated carbocycles. The summed E-state index contributed by atoms with van der Waals surface area (Å²) in [5, 5.41) is 3.86. The first-order chi connectivity index (χ1) is 17.0. The summed E-state index contributed by atoms with van der Waals surface area (Å²) in [6, 6.07) is 9.40. The normalized spacial score (nSPS) is 30.6. The maximum atomic E-state index is 13.5. The van der Waals surface area contributed by atoms with Gasteiger partial charge in [-0.25, -0.2) is 0 Å². The minimum absolute atomic E-state index is 0.00327. The smallest absolute Gasteiger partial charge is 0.0196 e. The van der Waals surface area contributed by atoms with Gasteiger partial charge in [-0.1, -0.05) is 0 Å². The van der Waals surface area contributed by atoms with E-state index in [9.17, 15) is 8.42 Å². The van der Waals surface area contributed by atoms with Crippen LogP contribution in [0.15, 0.2) is 24.3 Å². The van der Waals surface area contributed by atoms with Gasteiger partial charge in [-0.15, -0.1) is 0 Å². The summed E-state index contributed by atoms with van der Waals surface area (Å²) in [5.74, 6) is 2.21. The molecule has 4 rings (SSSR count). The molecule has 0 radical (unpaired) electrons. The van der Waals surface area contributed by atoms with E-state index in [-0.39, 0.29) is 5.41 Å². The third-order valence-corrected chi connectivity index (χ3v) is 21.2. The van der Waals surface area contributed by atoms with Crippen molar-refractivity contribution in [3.8, 4) is 5.75 Å². The fourth-order valence-corrected chi connectivity index (χ4v) is 18.6. The molecule has 0 unspecified atom stereocenters. The van der Waals surface area contributed by atoms with E-state index in [1.165, 1.54) is 6.42 Å². The number of hydrogen-bond acceptors (Lipinski definition) is 5. The molecule has 0 amide bonds. The Hall–Kier alpha value is 0.292. The monoisotopic (exact) mass is 744 g/mol. The van der Waals surface area contributed by atoms with Crippen LogP contribution in [0.1, 0.15) is 31.2 Å². The number of hydrogen-bond donors (Lipinski definition) is 1. The fraction of sp³-hybridized carbons (Fsp3) is 0.769. The number of benzene rings is 1. The molecule has 1 aliphatic carbocycles. The average Bonchev–Trinajstić information content (AvgIpc) is 2.86. The molecular formula is C26H43ClHgN2O4SSi. The van der Waals surface area contributed by atoms with Crippen molar-refractivity contribution in [3.63, 3.8) is 0 Å². The van der Waals surface area contributed by atoms with Gasteiger partial charge in [0.1, 0.15) is 5.75 Å². The molecule has 6 nitrogen and oxygen atoms in total. The molecule has 0 spiro atoms. The van der Waals surface area contributed by atoms with Gasteiger partial charge in [-0.2, -0.15) is 0 Å². The average molecular weight is 744 g/mol. The summed E-state index contributed by atoms with van der Waals surface area (Å²) in [7, 11) is 3.57. The van der Waals surface area contributed by atoms with E-state index < -0.39 is 41.4 Å². The second kappa shape index (κ2) is 12.2. The zero-order valence-corrected chi connectivity index (χ0v) is 30.5. The Morgan fingerprint density at radius 3 is 2.64 bits per heavy atom. The van der Waals surface area contributed by atoms with E-state index in [2.05, 4.69) is 25.0 Å². The molecule has 200 valence electrons. The van der Waals surface area contributed by atoms with Crippen LogP contribution in [-0.2, 0) is 44.7 Å². The molecule has 1 aromatic carbocycles. The number of nitrogens with zero attached hydrogens (tertiary/aromatic N) is 1. The zero-order chi connectivity index (χ0) is 26.0. The Bertz CT molecular complexity index is 977. The number of ether oxygens (including phenoxy) is 2. The van der Waals surface area contributed by atoms with Gasteiger partial charge in [0, 0.05) is 0 Å². The van der Waals surface area contributed by atoms with Gasteiger partial charge in [0.05, 0.1) is 7.11 Å². The van der Waals surface area contributed by atoms with Crippen LogP contribution in [-0.4, -0.2) is 65.9 Å². The number of rotatable bonds is 12. The van der Waals surface area contributed by atoms with Gasteiger partial charge in [-0.3, -0.25) is 0 Å². The van der Waals surface area contributed by atoms with Crippen LogP contribution in [0.5, 0.6) is 5.75 Å². The first-order valence-electron chi connectivity index (χ1n) is 13.5. The second-order valence-corrected chi connectivity index (χ2v) is 28.2. The van der Waals surface area contributed by atoms with Crippen molar-refractivity contribution in [2.45, 2.75) is 67.4 Å². The molecule has 5 atom stereocenters. The molecule has 2 bridgehead atoms. The van der Waals surface area contributed by atoms with Crippen LogP contribution in [0.2, 0.25) is 29.1 Å². The van der Waals surface area contributed by atoms with Gasteiger partial charge in [-0.05, 0) is 12.1 Å². The SMILES string of the molecule is COc1ccc(COCCC[C@@]23CN[C@@H]4C[C@@H]2[C@H](C[C@@H]4[Hg][Cl])CN(S(=O)(=O)CC[Si](C)(C)C)C3)cc1. The number of sulfonamides is 1. The Morgan fingerprint density at radius 2 is 1.97 bits per heavy atom. The molecule has 1 aromatic rings. The van der Waals surface area contributed by atoms with Crippen molar-refractivity contribution in [1.29, 1.82) is 0 Å². The Balaban J connectivity index is 1.41. The predicted molar refractivity (Wildman–Crippen MR) is 145 cm³/mol. The molecule has 0 aromatic heterocycles. The Labute approximate surface area is 235 Å². The number of piperidine rings is 2. The standard InChI is InChI=1S/C26H43N2O4SSi.ClH.Hg/c1-31-24-10-6-21(7-11-24)18-32-13-5-12-26-19-27-23-9-8-22(25(26)16-23)17-28(20-26)33(29,30)14-15-34(2,3)4;;/h6-7,9-11,22-23,25,27H,5,8,12-20H2,1-4H3;1H;/q;;+1/p-1/t22-,23+,25-,26+;;/m1../s1. The Morgan fingerprint density at radius 1 is 1.22 bits per heavy atom. The van der Waals surface area contributed by atoms with Crippen molar-refractivity contribution < 1.29 is 41.2 Å². The predicted octanol–water partition coefficient (Wildman–Crippen LogP) is 4.98. The minimum Gasteiger partial charge on any atom is -0.0196 e. The first-order valence-corrected chi connectivity index (χ1v) is 28.8. The summed E-state index contributed by atoms with van der Waals surface area (Å²) < 4.78 is 40.9. The number of halogens is 1. The van der Waals surface area contributed by atoms with Crippen LogP contribution < -0.4 is 10.1 Å². The molecule has 2 heterocycles. The summed E-state index contributed by atoms with van der Waals surface area (Å²) in [4.78, 5) is 0. The third-order valence-electron chi connectivity index (χ3n) is 8.78. The maximum absolute atomic E-state index is 13.5. The summed E-state index contributed by atoms with van der Waals surface area (Å²) >= 11 is -1.42. The first kappa shape index (κ1) is 29.3. The van der Waals surface area contributed by atoms with Crippen molar-refractivity contribution in [2.24, 2.45) is 17.3 Å². The molecule has 1 N–H and O–H groups in total. The van der Waals surface area contributed by atoms with Crippen LogP contribution in [0.3, 0.4) is 0 Å². The fourth-order valence-electron chi connectivity index (χ4n) is 6.63. The molecule has 3 fully saturated rings. The van der Waals surface area contributed by atoms with Gasteiger partial charge in [0.25, 0.3) is 0 Å². The molecule has 2 saturated heterocycles. The van der Waals surface area contributed by atoms with Crippen LogP contribution in [0, 0.1) is 17.3 Å². The molecule has 3 aliphatic rings. The van der Waals surface area contributed by atoms with Gasteiger partial charge in [0.15, 0.2) is 0 Å². The summed E-state index contributed by atoms with van der Waals surface area (Å²) in [6.45, 7) is 10.3. The van der Waals surface area contributed by atoms with E-state index in [0.717, 1.165) is 43.2 Å². The van der Waals surface area contributed by atoms with Crippen LogP contribution in [0.25, 0.3) is 0 Å². The van der Waals surface area contributed by atoms with E-state index in [4.69, 9.17) is 17.7 Å². The minimum atomic E-state index is -3.25. The number of fused-ring (bicyclic) bond motifs is 1. The van der Waals surface area contributed by atoms with E-state index >= 15 is 0 Å². The topological polar surface area (TPSA) is 67.9 Å². The van der Waals surface area contributed by atoms with E-state index in [1.807, 2.05) is 28.6 Å². The number of nitrogens with one attached hydrogen (secondary N) is 1. The van der Waals surface area contributed by atoms with Crippen LogP contribution in [0.4, 0.5) is 0 Å². The van der Waals surface area contributed by atoms with Crippen molar-refractivity contribution in [2.75, 3.05) is 39.1 Å². The van der Waals surface area contributed by atoms with Crippen molar-refractivity contribution in [1.82, 2.24) is 9.62 Å².